The fourth-order valence-corrected chi connectivity index (χ4v) is 5.39. The summed E-state index contributed by atoms with van der Waals surface area (Å²) in [4.78, 5) is 1.00. The first kappa shape index (κ1) is 13.2. The molecule has 0 spiro atoms. The van der Waals surface area contributed by atoms with E-state index in [4.69, 9.17) is 0 Å². The molecule has 2 aromatic rings. The van der Waals surface area contributed by atoms with E-state index in [0.29, 0.717) is 4.21 Å². The molecule has 0 bridgehead atoms. The van der Waals surface area contributed by atoms with Gasteiger partial charge in [-0.15, -0.1) is 22.7 Å². The highest BCUT2D eigenvalue weighted by Gasteiger charge is 2.20. The summed E-state index contributed by atoms with van der Waals surface area (Å²) in [5.74, 6) is 0. The monoisotopic (exact) mass is 351 g/mol. The van der Waals surface area contributed by atoms with Gasteiger partial charge in [0.2, 0.25) is 0 Å². The molecule has 0 amide bonds. The Morgan fingerprint density at radius 1 is 1.35 bits per heavy atom. The van der Waals surface area contributed by atoms with E-state index >= 15 is 0 Å². The zero-order chi connectivity index (χ0) is 12.5. The van der Waals surface area contributed by atoms with E-state index in [1.807, 2.05) is 24.4 Å². The molecule has 0 fully saturated rings. The predicted octanol–water partition coefficient (Wildman–Crippen LogP) is 3.61. The van der Waals surface area contributed by atoms with Gasteiger partial charge in [-0.3, -0.25) is 0 Å². The molecule has 0 saturated carbocycles. The maximum atomic E-state index is 12.0. The molecule has 0 unspecified atom stereocenters. The Morgan fingerprint density at radius 2 is 2.12 bits per heavy atom. The van der Waals surface area contributed by atoms with Gasteiger partial charge in [-0.25, -0.2) is 13.1 Å². The molecule has 0 radical (unpaired) electrons. The van der Waals surface area contributed by atoms with Gasteiger partial charge in [0.25, 0.3) is 10.0 Å². The lowest BCUT2D eigenvalue weighted by atomic mass is 10.3. The summed E-state index contributed by atoms with van der Waals surface area (Å²) in [5, 5.41) is 1.93. The molecule has 7 heteroatoms. The first-order chi connectivity index (χ1) is 7.99. The van der Waals surface area contributed by atoms with E-state index in [0.717, 1.165) is 8.66 Å². The fraction of sp³-hybridized carbons (Fsp3) is 0.200. The molecule has 0 aliphatic heterocycles. The molecular formula is C10H10BrNO2S3. The van der Waals surface area contributed by atoms with Crippen LogP contribution >= 0.6 is 38.6 Å². The second kappa shape index (κ2) is 5.19. The van der Waals surface area contributed by atoms with Crippen LogP contribution in [0.1, 0.15) is 17.8 Å². The summed E-state index contributed by atoms with van der Waals surface area (Å²) < 4.78 is 27.9. The summed E-state index contributed by atoms with van der Waals surface area (Å²) in [6, 6.07) is 6.95. The van der Waals surface area contributed by atoms with Crippen LogP contribution in [0.4, 0.5) is 0 Å². The van der Waals surface area contributed by atoms with Crippen molar-refractivity contribution in [3.05, 3.63) is 38.3 Å². The molecule has 0 aliphatic carbocycles. The van der Waals surface area contributed by atoms with Crippen LogP contribution in [0.25, 0.3) is 0 Å². The Kier molecular flexibility index (Phi) is 4.04. The van der Waals surface area contributed by atoms with Crippen LogP contribution < -0.4 is 4.72 Å². The van der Waals surface area contributed by atoms with Gasteiger partial charge in [0.05, 0.1) is 9.83 Å². The minimum Gasteiger partial charge on any atom is -0.206 e. The van der Waals surface area contributed by atoms with E-state index in [-0.39, 0.29) is 6.04 Å². The molecule has 3 nitrogen and oxygen atoms in total. The summed E-state index contributed by atoms with van der Waals surface area (Å²) >= 11 is 6.00. The van der Waals surface area contributed by atoms with Crippen LogP contribution in [0.3, 0.4) is 0 Å². The largest absolute Gasteiger partial charge is 0.250 e. The number of thiophene rings is 2. The Balaban J connectivity index is 2.18. The van der Waals surface area contributed by atoms with Crippen LogP contribution in [0.2, 0.25) is 0 Å². The third-order valence-electron chi connectivity index (χ3n) is 2.12. The molecule has 2 rings (SSSR count). The standard InChI is InChI=1S/C10H10BrNO2S3/c1-7(8-3-2-6-15-8)12-17(13,14)10-5-4-9(11)16-10/h2-7,12H,1H3/t7-/m0/s1. The number of rotatable bonds is 4. The molecule has 1 N–H and O–H groups in total. The Hall–Kier alpha value is -0.210. The molecule has 1 atom stereocenters. The SMILES string of the molecule is C[C@H](NS(=O)(=O)c1ccc(Br)s1)c1cccs1. The van der Waals surface area contributed by atoms with E-state index in [1.54, 1.807) is 12.1 Å². The van der Waals surface area contributed by atoms with Gasteiger partial charge in [0.15, 0.2) is 0 Å². The average Bonchev–Trinajstić information content (AvgIpc) is 2.86. The van der Waals surface area contributed by atoms with Crippen LogP contribution in [0.5, 0.6) is 0 Å². The zero-order valence-corrected chi connectivity index (χ0v) is 12.9. The van der Waals surface area contributed by atoms with E-state index < -0.39 is 10.0 Å². The van der Waals surface area contributed by atoms with Crippen molar-refractivity contribution in [3.8, 4) is 0 Å². The van der Waals surface area contributed by atoms with Crippen LogP contribution in [0.15, 0.2) is 37.6 Å². The lowest BCUT2D eigenvalue weighted by Gasteiger charge is -2.11. The topological polar surface area (TPSA) is 46.2 Å². The highest BCUT2D eigenvalue weighted by molar-refractivity contribution is 9.11. The highest BCUT2D eigenvalue weighted by atomic mass is 79.9. The number of hydrogen-bond acceptors (Lipinski definition) is 4. The van der Waals surface area contributed by atoms with Crippen molar-refractivity contribution >= 4 is 48.6 Å². The summed E-state index contributed by atoms with van der Waals surface area (Å²) in [7, 11) is -3.42. The molecule has 17 heavy (non-hydrogen) atoms. The molecule has 0 saturated heterocycles. The molecule has 92 valence electrons. The Morgan fingerprint density at radius 3 is 2.65 bits per heavy atom. The predicted molar refractivity (Wildman–Crippen MR) is 75.1 cm³/mol. The van der Waals surface area contributed by atoms with Crippen molar-refractivity contribution in [2.24, 2.45) is 0 Å². The van der Waals surface area contributed by atoms with Gasteiger partial charge in [0.1, 0.15) is 4.21 Å². The van der Waals surface area contributed by atoms with Gasteiger partial charge < -0.3 is 0 Å². The van der Waals surface area contributed by atoms with Gasteiger partial charge in [-0.2, -0.15) is 0 Å². The van der Waals surface area contributed by atoms with E-state index in [9.17, 15) is 8.42 Å². The molecule has 2 heterocycles. The van der Waals surface area contributed by atoms with Crippen molar-refractivity contribution in [2.45, 2.75) is 17.2 Å². The number of halogens is 1. The highest BCUT2D eigenvalue weighted by Crippen LogP contribution is 2.27. The first-order valence-corrected chi connectivity index (χ1v) is 8.77. The van der Waals surface area contributed by atoms with Crippen molar-refractivity contribution in [3.63, 3.8) is 0 Å². The zero-order valence-electron chi connectivity index (χ0n) is 8.88. The molecule has 0 aliphatic rings. The minimum absolute atomic E-state index is 0.208. The van der Waals surface area contributed by atoms with Crippen LogP contribution in [-0.4, -0.2) is 8.42 Å². The fourth-order valence-electron chi connectivity index (χ4n) is 1.33. The average molecular weight is 352 g/mol. The lowest BCUT2D eigenvalue weighted by Crippen LogP contribution is -2.25. The smallest absolute Gasteiger partial charge is 0.206 e. The van der Waals surface area contributed by atoms with Gasteiger partial charge in [0, 0.05) is 4.88 Å². The number of sulfonamides is 1. The third-order valence-corrected chi connectivity index (χ3v) is 6.83. The van der Waals surface area contributed by atoms with Gasteiger partial charge >= 0.3 is 0 Å². The van der Waals surface area contributed by atoms with Crippen LogP contribution in [-0.2, 0) is 10.0 Å². The molecule has 0 aromatic carbocycles. The van der Waals surface area contributed by atoms with E-state index in [1.165, 1.54) is 22.7 Å². The van der Waals surface area contributed by atoms with Crippen molar-refractivity contribution in [1.82, 2.24) is 4.72 Å². The van der Waals surface area contributed by atoms with Gasteiger partial charge in [-0.05, 0) is 46.4 Å². The second-order valence-corrected chi connectivity index (χ2v) is 8.80. The van der Waals surface area contributed by atoms with Crippen molar-refractivity contribution in [2.75, 3.05) is 0 Å². The lowest BCUT2D eigenvalue weighted by molar-refractivity contribution is 0.570. The molecule has 2 aromatic heterocycles. The number of hydrogen-bond donors (Lipinski definition) is 1. The quantitative estimate of drug-likeness (QED) is 0.914. The van der Waals surface area contributed by atoms with Crippen molar-refractivity contribution in [1.29, 1.82) is 0 Å². The van der Waals surface area contributed by atoms with Crippen molar-refractivity contribution < 1.29 is 8.42 Å². The summed E-state index contributed by atoms with van der Waals surface area (Å²) in [5.41, 5.74) is 0. The third kappa shape index (κ3) is 3.17. The number of nitrogens with one attached hydrogen (secondary N) is 1. The van der Waals surface area contributed by atoms with Crippen LogP contribution in [0, 0.1) is 0 Å². The first-order valence-electron chi connectivity index (χ1n) is 4.80. The molecular weight excluding hydrogens is 342 g/mol. The summed E-state index contributed by atoms with van der Waals surface area (Å²) in [6.45, 7) is 1.84. The summed E-state index contributed by atoms with van der Waals surface area (Å²) in [6.07, 6.45) is 0. The van der Waals surface area contributed by atoms with E-state index in [2.05, 4.69) is 20.7 Å². The minimum atomic E-state index is -3.42. The Bertz CT molecular complexity index is 589. The van der Waals surface area contributed by atoms with Gasteiger partial charge in [-0.1, -0.05) is 6.07 Å². The normalized spacial score (nSPS) is 13.8. The maximum Gasteiger partial charge on any atom is 0.250 e. The second-order valence-electron chi connectivity index (χ2n) is 3.42. The Labute approximate surface area is 117 Å². The maximum absolute atomic E-state index is 12.0.